The smallest absolute Gasteiger partial charge is 0.319 e. The van der Waals surface area contributed by atoms with E-state index in [2.05, 4.69) is 35.9 Å². The Hall–Kier alpha value is -1.18. The van der Waals surface area contributed by atoms with Crippen molar-refractivity contribution in [3.8, 4) is 0 Å². The van der Waals surface area contributed by atoms with Gasteiger partial charge in [0.25, 0.3) is 0 Å². The molecule has 0 saturated carbocycles. The third kappa shape index (κ3) is 13.1. The van der Waals surface area contributed by atoms with Crippen LogP contribution in [0.3, 0.4) is 0 Å². The highest BCUT2D eigenvalue weighted by Crippen LogP contribution is 2.04. The highest BCUT2D eigenvalue weighted by atomic mass is 16.5. The Morgan fingerprint density at radius 1 is 0.885 bits per heavy atom. The van der Waals surface area contributed by atoms with Gasteiger partial charge in [0.05, 0.1) is 27.3 Å². The van der Waals surface area contributed by atoms with Crippen molar-refractivity contribution in [2.75, 3.05) is 66.6 Å². The molecule has 0 aromatic rings. The number of nitrogens with zero attached hydrogens (tertiary/aromatic N) is 2. The fraction of sp³-hybridized carbons (Fsp3) is 0.895. The Morgan fingerprint density at radius 3 is 1.88 bits per heavy atom. The molecular weight excluding hydrogens is 334 g/mol. The van der Waals surface area contributed by atoms with E-state index in [1.54, 1.807) is 0 Å². The zero-order valence-electron chi connectivity index (χ0n) is 17.4. The Morgan fingerprint density at radius 2 is 1.42 bits per heavy atom. The van der Waals surface area contributed by atoms with Gasteiger partial charge in [-0.2, -0.15) is 0 Å². The van der Waals surface area contributed by atoms with Crippen molar-refractivity contribution in [1.29, 1.82) is 0 Å². The molecule has 0 amide bonds. The van der Waals surface area contributed by atoms with Crippen LogP contribution in [0.4, 0.5) is 0 Å². The third-order valence-electron chi connectivity index (χ3n) is 4.55. The van der Waals surface area contributed by atoms with Crippen molar-refractivity contribution < 1.29 is 19.1 Å². The summed E-state index contributed by atoms with van der Waals surface area (Å²) in [5.74, 6) is 0.263. The average molecular weight is 374 g/mol. The van der Waals surface area contributed by atoms with Gasteiger partial charge in [-0.25, -0.2) is 0 Å². The van der Waals surface area contributed by atoms with Gasteiger partial charge in [0.15, 0.2) is 0 Å². The Labute approximate surface area is 159 Å². The lowest BCUT2D eigenvalue weighted by Gasteiger charge is -2.26. The van der Waals surface area contributed by atoms with E-state index in [1.165, 1.54) is 20.6 Å². The molecule has 1 N–H and O–H groups in total. The SMILES string of the molecule is CCCN(CCN(CCNCCC(C)CC)CC(=O)OC)CC(=O)OC. The first-order valence-electron chi connectivity index (χ1n) is 9.75. The van der Waals surface area contributed by atoms with E-state index in [9.17, 15) is 9.59 Å². The number of methoxy groups -OCH3 is 2. The zero-order valence-corrected chi connectivity index (χ0v) is 17.4. The van der Waals surface area contributed by atoms with Gasteiger partial charge >= 0.3 is 11.9 Å². The molecule has 0 aromatic heterocycles. The predicted octanol–water partition coefficient (Wildman–Crippen LogP) is 1.37. The number of carbonyl (C=O) groups excluding carboxylic acids is 2. The van der Waals surface area contributed by atoms with Crippen molar-refractivity contribution >= 4 is 11.9 Å². The van der Waals surface area contributed by atoms with Crippen molar-refractivity contribution in [1.82, 2.24) is 15.1 Å². The summed E-state index contributed by atoms with van der Waals surface area (Å²) in [6.07, 6.45) is 3.33. The number of ether oxygens (including phenoxy) is 2. The van der Waals surface area contributed by atoms with Crippen LogP contribution in [-0.4, -0.2) is 88.3 Å². The minimum Gasteiger partial charge on any atom is -0.468 e. The number of hydrogen-bond acceptors (Lipinski definition) is 7. The van der Waals surface area contributed by atoms with E-state index < -0.39 is 0 Å². The largest absolute Gasteiger partial charge is 0.468 e. The number of esters is 2. The van der Waals surface area contributed by atoms with Gasteiger partial charge in [-0.3, -0.25) is 19.4 Å². The Kier molecular flexibility index (Phi) is 15.3. The molecule has 0 spiro atoms. The molecule has 1 atom stereocenters. The average Bonchev–Trinajstić information content (AvgIpc) is 2.64. The first-order valence-corrected chi connectivity index (χ1v) is 9.75. The standard InChI is InChI=1S/C19H39N3O4/c1-6-11-21(15-18(23)25-4)13-14-22(16-19(24)26-5)12-10-20-9-8-17(3)7-2/h17,20H,6-16H2,1-5H3. The molecule has 0 radical (unpaired) electrons. The maximum Gasteiger partial charge on any atom is 0.319 e. The maximum absolute atomic E-state index is 11.7. The number of carbonyl (C=O) groups is 2. The quantitative estimate of drug-likeness (QED) is 0.324. The number of rotatable bonds is 16. The minimum atomic E-state index is -0.236. The predicted molar refractivity (Wildman–Crippen MR) is 104 cm³/mol. The molecule has 7 nitrogen and oxygen atoms in total. The summed E-state index contributed by atoms with van der Waals surface area (Å²) in [4.78, 5) is 27.3. The van der Waals surface area contributed by atoms with E-state index in [0.29, 0.717) is 13.1 Å². The summed E-state index contributed by atoms with van der Waals surface area (Å²) in [6.45, 7) is 11.9. The molecule has 0 aromatic carbocycles. The molecule has 26 heavy (non-hydrogen) atoms. The highest BCUT2D eigenvalue weighted by Gasteiger charge is 2.15. The van der Waals surface area contributed by atoms with Gasteiger partial charge in [0.2, 0.25) is 0 Å². The summed E-state index contributed by atoms with van der Waals surface area (Å²) in [5.41, 5.74) is 0. The van der Waals surface area contributed by atoms with Crippen LogP contribution in [0.2, 0.25) is 0 Å². The van der Waals surface area contributed by atoms with E-state index in [-0.39, 0.29) is 25.0 Å². The van der Waals surface area contributed by atoms with Crippen LogP contribution in [0.15, 0.2) is 0 Å². The molecule has 0 aliphatic rings. The Bertz CT molecular complexity index is 380. The second kappa shape index (κ2) is 16.0. The molecule has 1 unspecified atom stereocenters. The second-order valence-electron chi connectivity index (χ2n) is 6.76. The van der Waals surface area contributed by atoms with Crippen LogP contribution in [0.1, 0.15) is 40.0 Å². The summed E-state index contributed by atoms with van der Waals surface area (Å²) < 4.78 is 9.56. The molecule has 0 bridgehead atoms. The molecule has 0 aliphatic heterocycles. The molecule has 0 saturated heterocycles. The molecule has 0 aliphatic carbocycles. The first kappa shape index (κ1) is 24.8. The van der Waals surface area contributed by atoms with Crippen molar-refractivity contribution in [3.05, 3.63) is 0 Å². The fourth-order valence-corrected chi connectivity index (χ4v) is 2.55. The van der Waals surface area contributed by atoms with Crippen molar-refractivity contribution in [2.45, 2.75) is 40.0 Å². The van der Waals surface area contributed by atoms with E-state index in [1.807, 2.05) is 0 Å². The Balaban J connectivity index is 4.37. The summed E-state index contributed by atoms with van der Waals surface area (Å²) in [6, 6.07) is 0. The number of nitrogens with one attached hydrogen (secondary N) is 1. The topological polar surface area (TPSA) is 71.1 Å². The third-order valence-corrected chi connectivity index (χ3v) is 4.55. The fourth-order valence-electron chi connectivity index (χ4n) is 2.55. The molecular formula is C19H39N3O4. The van der Waals surface area contributed by atoms with Crippen LogP contribution in [-0.2, 0) is 19.1 Å². The monoisotopic (exact) mass is 373 g/mol. The minimum absolute atomic E-state index is 0.232. The van der Waals surface area contributed by atoms with Crippen LogP contribution < -0.4 is 5.32 Å². The maximum atomic E-state index is 11.7. The van der Waals surface area contributed by atoms with E-state index in [0.717, 1.165) is 44.9 Å². The van der Waals surface area contributed by atoms with Crippen molar-refractivity contribution in [3.63, 3.8) is 0 Å². The number of hydrogen-bond donors (Lipinski definition) is 1. The van der Waals surface area contributed by atoms with Crippen molar-refractivity contribution in [2.24, 2.45) is 5.92 Å². The summed E-state index contributed by atoms with van der Waals surface area (Å²) >= 11 is 0. The van der Waals surface area contributed by atoms with Gasteiger partial charge in [0.1, 0.15) is 0 Å². The van der Waals surface area contributed by atoms with Gasteiger partial charge in [-0.15, -0.1) is 0 Å². The van der Waals surface area contributed by atoms with Gasteiger partial charge in [-0.05, 0) is 31.8 Å². The zero-order chi connectivity index (χ0) is 19.8. The van der Waals surface area contributed by atoms with E-state index >= 15 is 0 Å². The highest BCUT2D eigenvalue weighted by molar-refractivity contribution is 5.71. The van der Waals surface area contributed by atoms with Crippen LogP contribution >= 0.6 is 0 Å². The van der Waals surface area contributed by atoms with Gasteiger partial charge < -0.3 is 14.8 Å². The second-order valence-corrected chi connectivity index (χ2v) is 6.76. The lowest BCUT2D eigenvalue weighted by molar-refractivity contribution is -0.143. The lowest BCUT2D eigenvalue weighted by atomic mass is 10.1. The van der Waals surface area contributed by atoms with Crippen LogP contribution in [0.25, 0.3) is 0 Å². The molecule has 0 heterocycles. The molecule has 0 rings (SSSR count). The van der Waals surface area contributed by atoms with Gasteiger partial charge in [-0.1, -0.05) is 27.2 Å². The summed E-state index contributed by atoms with van der Waals surface area (Å²) in [7, 11) is 2.81. The van der Waals surface area contributed by atoms with Crippen LogP contribution in [0.5, 0.6) is 0 Å². The van der Waals surface area contributed by atoms with Gasteiger partial charge in [0, 0.05) is 26.2 Å². The van der Waals surface area contributed by atoms with Crippen LogP contribution in [0, 0.1) is 5.92 Å². The normalized spacial score (nSPS) is 12.4. The van der Waals surface area contributed by atoms with E-state index in [4.69, 9.17) is 9.47 Å². The molecule has 7 heteroatoms. The molecule has 0 fully saturated rings. The first-order chi connectivity index (χ1) is 12.5. The lowest BCUT2D eigenvalue weighted by Crippen LogP contribution is -2.43. The molecule has 154 valence electrons. The summed E-state index contributed by atoms with van der Waals surface area (Å²) in [5, 5.41) is 3.44.